The summed E-state index contributed by atoms with van der Waals surface area (Å²) in [6, 6.07) is 0.544. The van der Waals surface area contributed by atoms with E-state index >= 15 is 0 Å². The molecule has 23 heavy (non-hydrogen) atoms. The lowest BCUT2D eigenvalue weighted by Gasteiger charge is -2.21. The summed E-state index contributed by atoms with van der Waals surface area (Å²) in [5, 5.41) is 4.25. The van der Waals surface area contributed by atoms with Crippen molar-refractivity contribution in [2.75, 3.05) is 0 Å². The molecule has 2 heterocycles. The highest BCUT2D eigenvalue weighted by atomic mass is 35.5. The van der Waals surface area contributed by atoms with Crippen LogP contribution in [0.3, 0.4) is 0 Å². The third-order valence-corrected chi connectivity index (χ3v) is 3.96. The van der Waals surface area contributed by atoms with Crippen LogP contribution in [-0.2, 0) is 6.54 Å². The van der Waals surface area contributed by atoms with Gasteiger partial charge in [0.05, 0.1) is 12.2 Å². The molecule has 3 rings (SSSR count). The number of aromatic nitrogens is 2. The second-order valence-electron chi connectivity index (χ2n) is 6.34. The molecule has 124 valence electrons. The molecule has 0 bridgehead atoms. The van der Waals surface area contributed by atoms with E-state index in [0.29, 0.717) is 6.04 Å². The third kappa shape index (κ3) is 4.22. The molecule has 0 saturated heterocycles. The van der Waals surface area contributed by atoms with Crippen molar-refractivity contribution in [1.29, 1.82) is 0 Å². The second-order valence-corrected chi connectivity index (χ2v) is 6.93. The van der Waals surface area contributed by atoms with Gasteiger partial charge in [-0.3, -0.25) is 4.99 Å². The van der Waals surface area contributed by atoms with Crippen molar-refractivity contribution in [2.45, 2.75) is 65.2 Å². The van der Waals surface area contributed by atoms with Crippen LogP contribution in [0.1, 0.15) is 51.0 Å². The van der Waals surface area contributed by atoms with E-state index in [-0.39, 0.29) is 6.17 Å². The molecule has 0 spiro atoms. The van der Waals surface area contributed by atoms with Gasteiger partial charge in [-0.15, -0.1) is 0 Å². The van der Waals surface area contributed by atoms with Gasteiger partial charge in [-0.05, 0) is 39.2 Å². The number of aryl methyl sites for hydroxylation is 1. The summed E-state index contributed by atoms with van der Waals surface area (Å²) in [4.78, 5) is 14.2. The summed E-state index contributed by atoms with van der Waals surface area (Å²) in [7, 11) is 0. The molecule has 5 nitrogen and oxygen atoms in total. The lowest BCUT2D eigenvalue weighted by Crippen LogP contribution is -2.35. The predicted molar refractivity (Wildman–Crippen MR) is 95.4 cm³/mol. The molecule has 1 fully saturated rings. The third-order valence-electron chi connectivity index (χ3n) is 3.85. The van der Waals surface area contributed by atoms with Crippen molar-refractivity contribution in [2.24, 2.45) is 9.98 Å². The van der Waals surface area contributed by atoms with E-state index in [1.807, 2.05) is 19.9 Å². The van der Waals surface area contributed by atoms with Gasteiger partial charge in [0.25, 0.3) is 0 Å². The summed E-state index contributed by atoms with van der Waals surface area (Å²) in [6.45, 7) is 6.78. The smallest absolute Gasteiger partial charge is 0.175 e. The van der Waals surface area contributed by atoms with E-state index in [0.717, 1.165) is 47.5 Å². The van der Waals surface area contributed by atoms with Crippen molar-refractivity contribution in [3.05, 3.63) is 28.8 Å². The maximum Gasteiger partial charge on any atom is 0.175 e. The zero-order valence-electron chi connectivity index (χ0n) is 14.0. The number of allylic oxidation sites excluding steroid dienone is 2. The number of nitrogens with zero attached hydrogens (tertiary/aromatic N) is 4. The average molecular weight is 334 g/mol. The average Bonchev–Trinajstić information content (AvgIpc) is 3.18. The first-order valence-electron chi connectivity index (χ1n) is 8.34. The van der Waals surface area contributed by atoms with Gasteiger partial charge in [0.15, 0.2) is 17.8 Å². The Bertz CT molecular complexity index is 663. The van der Waals surface area contributed by atoms with Crippen LogP contribution in [0.15, 0.2) is 27.3 Å². The first-order chi connectivity index (χ1) is 11.0. The van der Waals surface area contributed by atoms with Crippen LogP contribution in [0.5, 0.6) is 0 Å². The maximum absolute atomic E-state index is 6.03. The standard InChI is InChI=1S/C17H24ClN5/c1-4-5-14(8-11(2)18)20-15-10-23-9-12(3)19-17(23)16(22-15)21-13-6-7-13/h8-9,13,15H,4-7,10H2,1-3H3,(H,21,22)/b11-8+,20-14?. The van der Waals surface area contributed by atoms with E-state index in [9.17, 15) is 0 Å². The van der Waals surface area contributed by atoms with Gasteiger partial charge in [0.1, 0.15) is 0 Å². The zero-order valence-corrected chi connectivity index (χ0v) is 14.8. The van der Waals surface area contributed by atoms with E-state index in [2.05, 4.69) is 28.0 Å². The van der Waals surface area contributed by atoms with Crippen LogP contribution in [0.2, 0.25) is 0 Å². The van der Waals surface area contributed by atoms with Gasteiger partial charge < -0.3 is 9.88 Å². The Morgan fingerprint density at radius 3 is 2.96 bits per heavy atom. The van der Waals surface area contributed by atoms with Crippen LogP contribution < -0.4 is 5.32 Å². The molecule has 0 radical (unpaired) electrons. The van der Waals surface area contributed by atoms with E-state index in [1.54, 1.807) is 0 Å². The summed E-state index contributed by atoms with van der Waals surface area (Å²) in [5.74, 6) is 1.81. The highest BCUT2D eigenvalue weighted by molar-refractivity contribution is 6.30. The molecule has 1 atom stereocenters. The summed E-state index contributed by atoms with van der Waals surface area (Å²) in [6.07, 6.45) is 8.28. The Balaban J connectivity index is 1.88. The van der Waals surface area contributed by atoms with Crippen molar-refractivity contribution in [3.8, 4) is 0 Å². The van der Waals surface area contributed by atoms with Crippen LogP contribution in [0.25, 0.3) is 0 Å². The minimum absolute atomic E-state index is 0.119. The fourth-order valence-corrected chi connectivity index (χ4v) is 2.87. The molecule has 1 aliphatic heterocycles. The molecule has 0 amide bonds. The number of halogens is 1. The lowest BCUT2D eigenvalue weighted by molar-refractivity contribution is 0.546. The molecule has 1 aliphatic carbocycles. The lowest BCUT2D eigenvalue weighted by atomic mass is 10.2. The van der Waals surface area contributed by atoms with Gasteiger partial charge in [-0.1, -0.05) is 24.9 Å². The second kappa shape index (κ2) is 6.87. The molecule has 6 heteroatoms. The molecular formula is C17H24ClN5. The van der Waals surface area contributed by atoms with Crippen molar-refractivity contribution < 1.29 is 0 Å². The van der Waals surface area contributed by atoms with Crippen LogP contribution in [0, 0.1) is 6.92 Å². The van der Waals surface area contributed by atoms with Crippen molar-refractivity contribution in [1.82, 2.24) is 14.9 Å². The normalized spacial score (nSPS) is 21.9. The van der Waals surface area contributed by atoms with Gasteiger partial charge in [-0.25, -0.2) is 9.98 Å². The first-order valence-corrected chi connectivity index (χ1v) is 8.72. The fraction of sp³-hybridized carbons (Fsp3) is 0.588. The minimum Gasteiger partial charge on any atom is -0.364 e. The number of amidine groups is 1. The van der Waals surface area contributed by atoms with Gasteiger partial charge in [-0.2, -0.15) is 0 Å². The highest BCUT2D eigenvalue weighted by Gasteiger charge is 2.28. The van der Waals surface area contributed by atoms with E-state index < -0.39 is 0 Å². The number of aliphatic imine (C=N–C) groups is 2. The molecule has 0 aromatic carbocycles. The van der Waals surface area contributed by atoms with Crippen LogP contribution in [0.4, 0.5) is 0 Å². The van der Waals surface area contributed by atoms with E-state index in [1.165, 1.54) is 12.8 Å². The number of nitrogens with one attached hydrogen (secondary N) is 1. The Kier molecular flexibility index (Phi) is 4.85. The molecule has 1 unspecified atom stereocenters. The molecule has 1 N–H and O–H groups in total. The Morgan fingerprint density at radius 1 is 1.52 bits per heavy atom. The number of rotatable bonds is 5. The number of fused-ring (bicyclic) bond motifs is 1. The number of imidazole rings is 1. The quantitative estimate of drug-likeness (QED) is 0.839. The molecule has 1 saturated carbocycles. The molecule has 1 aromatic heterocycles. The largest absolute Gasteiger partial charge is 0.364 e. The maximum atomic E-state index is 6.03. The van der Waals surface area contributed by atoms with Gasteiger partial charge in [0.2, 0.25) is 0 Å². The monoisotopic (exact) mass is 333 g/mol. The summed E-state index contributed by atoms with van der Waals surface area (Å²) >= 11 is 6.03. The topological polar surface area (TPSA) is 54.6 Å². The van der Waals surface area contributed by atoms with Gasteiger partial charge >= 0.3 is 0 Å². The Hall–Kier alpha value is -1.62. The number of hydrogen-bond donors (Lipinski definition) is 1. The van der Waals surface area contributed by atoms with Crippen LogP contribution in [-0.4, -0.2) is 33.3 Å². The van der Waals surface area contributed by atoms with Crippen molar-refractivity contribution >= 4 is 23.1 Å². The SMILES string of the molecule is CCCC(/C=C(\C)Cl)=NC1Cn2cc(C)nc2C(NC2CC2)=N1. The summed E-state index contributed by atoms with van der Waals surface area (Å²) < 4.78 is 2.15. The fourth-order valence-electron chi connectivity index (χ4n) is 2.74. The first kappa shape index (κ1) is 16.2. The highest BCUT2D eigenvalue weighted by Crippen LogP contribution is 2.22. The van der Waals surface area contributed by atoms with Gasteiger partial charge in [0, 0.05) is 23.0 Å². The Morgan fingerprint density at radius 2 is 2.30 bits per heavy atom. The number of hydrogen-bond acceptors (Lipinski definition) is 4. The Labute approximate surface area is 142 Å². The summed E-state index contributed by atoms with van der Waals surface area (Å²) in [5.41, 5.74) is 2.03. The zero-order chi connectivity index (χ0) is 16.4. The van der Waals surface area contributed by atoms with Crippen LogP contribution >= 0.6 is 11.6 Å². The van der Waals surface area contributed by atoms with Crippen molar-refractivity contribution in [3.63, 3.8) is 0 Å². The predicted octanol–water partition coefficient (Wildman–Crippen LogP) is 3.41. The molecule has 2 aliphatic rings. The van der Waals surface area contributed by atoms with E-state index in [4.69, 9.17) is 21.6 Å². The minimum atomic E-state index is -0.119. The molecular weight excluding hydrogens is 310 g/mol. The molecule has 1 aromatic rings.